The highest BCUT2D eigenvalue weighted by atomic mass is 16.5. The van der Waals surface area contributed by atoms with E-state index in [0.717, 1.165) is 28.9 Å². The second-order valence-corrected chi connectivity index (χ2v) is 8.84. The number of methoxy groups -OCH3 is 1. The number of benzene rings is 2. The Kier molecular flexibility index (Phi) is 8.63. The Hall–Kier alpha value is -3.68. The van der Waals surface area contributed by atoms with Gasteiger partial charge in [-0.2, -0.15) is 0 Å². The van der Waals surface area contributed by atoms with E-state index in [0.29, 0.717) is 36.2 Å². The molecule has 0 radical (unpaired) electrons. The number of imide groups is 1. The van der Waals surface area contributed by atoms with Crippen molar-refractivity contribution in [2.24, 2.45) is 0 Å². The van der Waals surface area contributed by atoms with Crippen molar-refractivity contribution in [1.82, 2.24) is 5.32 Å². The van der Waals surface area contributed by atoms with Crippen LogP contribution in [0.25, 0.3) is 11.1 Å². The summed E-state index contributed by atoms with van der Waals surface area (Å²) in [4.78, 5) is 51.7. The standard InChI is InChI=1S/C27H33N3O5/c1-17-19-11-8-9-12-20(19)25-21(28)13-10-14-22(25)30(26(17)33)27(34)18(2)29-23(31)15-6-4-5-7-16-24(32)35-3/h8-14,17-18H,4-7,15-16,28H2,1-3H3,(H,29,31)/t17?,18-/m0/s1. The van der Waals surface area contributed by atoms with E-state index in [1.54, 1.807) is 32.0 Å². The van der Waals surface area contributed by atoms with Crippen LogP contribution in [0, 0.1) is 0 Å². The number of carbonyl (C=O) groups excluding carboxylic acids is 4. The summed E-state index contributed by atoms with van der Waals surface area (Å²) in [6.45, 7) is 3.35. The van der Waals surface area contributed by atoms with Crippen LogP contribution >= 0.6 is 0 Å². The molecule has 8 heteroatoms. The molecule has 0 bridgehead atoms. The molecule has 0 fully saturated rings. The first-order valence-electron chi connectivity index (χ1n) is 12.0. The molecule has 2 atom stereocenters. The smallest absolute Gasteiger partial charge is 0.305 e. The molecule has 35 heavy (non-hydrogen) atoms. The average Bonchev–Trinajstić information content (AvgIpc) is 2.94. The number of amides is 3. The van der Waals surface area contributed by atoms with Crippen molar-refractivity contribution >= 4 is 35.1 Å². The van der Waals surface area contributed by atoms with Crippen LogP contribution in [0.5, 0.6) is 0 Å². The molecule has 186 valence electrons. The molecule has 0 spiro atoms. The summed E-state index contributed by atoms with van der Waals surface area (Å²) in [5.74, 6) is -1.93. The third-order valence-electron chi connectivity index (χ3n) is 6.33. The predicted octanol–water partition coefficient (Wildman–Crippen LogP) is 3.93. The molecule has 1 heterocycles. The third kappa shape index (κ3) is 5.88. The molecule has 2 aromatic rings. The van der Waals surface area contributed by atoms with Crippen LogP contribution in [0.1, 0.15) is 63.9 Å². The molecule has 1 aliphatic heterocycles. The number of hydrogen-bond acceptors (Lipinski definition) is 6. The summed E-state index contributed by atoms with van der Waals surface area (Å²) in [5, 5.41) is 2.73. The molecule has 0 aliphatic carbocycles. The average molecular weight is 480 g/mol. The van der Waals surface area contributed by atoms with Crippen LogP contribution in [-0.4, -0.2) is 36.8 Å². The molecule has 1 aliphatic rings. The summed E-state index contributed by atoms with van der Waals surface area (Å²) in [6, 6.07) is 11.8. The first kappa shape index (κ1) is 25.9. The van der Waals surface area contributed by atoms with Crippen LogP contribution in [0.15, 0.2) is 42.5 Å². The third-order valence-corrected chi connectivity index (χ3v) is 6.33. The van der Waals surface area contributed by atoms with Crippen LogP contribution in [0.4, 0.5) is 11.4 Å². The number of esters is 1. The number of nitrogens with two attached hydrogens (primary N) is 1. The van der Waals surface area contributed by atoms with Crippen LogP contribution in [0.3, 0.4) is 0 Å². The predicted molar refractivity (Wildman–Crippen MR) is 135 cm³/mol. The number of fused-ring (bicyclic) bond motifs is 3. The van der Waals surface area contributed by atoms with Gasteiger partial charge in [0.05, 0.1) is 18.7 Å². The number of carbonyl (C=O) groups is 4. The number of nitrogen functional groups attached to an aromatic ring is 1. The van der Waals surface area contributed by atoms with E-state index in [2.05, 4.69) is 10.1 Å². The molecule has 0 saturated carbocycles. The van der Waals surface area contributed by atoms with Gasteiger partial charge in [0, 0.05) is 24.1 Å². The van der Waals surface area contributed by atoms with Crippen LogP contribution < -0.4 is 16.0 Å². The quantitative estimate of drug-likeness (QED) is 0.320. The zero-order valence-corrected chi connectivity index (χ0v) is 20.5. The van der Waals surface area contributed by atoms with Gasteiger partial charge in [0.1, 0.15) is 6.04 Å². The van der Waals surface area contributed by atoms with Crippen molar-refractivity contribution < 1.29 is 23.9 Å². The number of nitrogens with one attached hydrogen (secondary N) is 1. The number of ether oxygens (including phenoxy) is 1. The molecule has 2 aromatic carbocycles. The minimum Gasteiger partial charge on any atom is -0.469 e. The highest BCUT2D eigenvalue weighted by Gasteiger charge is 2.37. The Morgan fingerprint density at radius 1 is 1.03 bits per heavy atom. The summed E-state index contributed by atoms with van der Waals surface area (Å²) >= 11 is 0. The van der Waals surface area contributed by atoms with Gasteiger partial charge in [-0.15, -0.1) is 0 Å². The summed E-state index contributed by atoms with van der Waals surface area (Å²) < 4.78 is 4.61. The maximum atomic E-state index is 13.5. The number of unbranched alkanes of at least 4 members (excludes halogenated alkanes) is 3. The van der Waals surface area contributed by atoms with Crippen molar-refractivity contribution in [3.8, 4) is 11.1 Å². The molecule has 0 saturated heterocycles. The molecule has 8 nitrogen and oxygen atoms in total. The molecule has 0 aromatic heterocycles. The van der Waals surface area contributed by atoms with Crippen LogP contribution in [-0.2, 0) is 23.9 Å². The van der Waals surface area contributed by atoms with Gasteiger partial charge >= 0.3 is 5.97 Å². The molecular weight excluding hydrogens is 446 g/mol. The lowest BCUT2D eigenvalue weighted by Crippen LogP contribution is -2.50. The zero-order valence-electron chi connectivity index (χ0n) is 20.5. The Morgan fingerprint density at radius 2 is 1.71 bits per heavy atom. The lowest BCUT2D eigenvalue weighted by molar-refractivity contribution is -0.140. The summed E-state index contributed by atoms with van der Waals surface area (Å²) in [7, 11) is 1.36. The van der Waals surface area contributed by atoms with Gasteiger partial charge in [-0.1, -0.05) is 43.2 Å². The fourth-order valence-corrected chi connectivity index (χ4v) is 4.39. The SMILES string of the molecule is COC(=O)CCCCCCC(=O)N[C@@H](C)C(=O)N1C(=O)C(C)c2ccccc2-c2c(N)cccc21. The zero-order chi connectivity index (χ0) is 25.5. The normalized spacial score (nSPS) is 15.5. The van der Waals surface area contributed by atoms with E-state index in [1.807, 2.05) is 24.3 Å². The van der Waals surface area contributed by atoms with Gasteiger partial charge < -0.3 is 15.8 Å². The van der Waals surface area contributed by atoms with E-state index in [9.17, 15) is 19.2 Å². The highest BCUT2D eigenvalue weighted by molar-refractivity contribution is 6.22. The van der Waals surface area contributed by atoms with Crippen molar-refractivity contribution in [1.29, 1.82) is 0 Å². The van der Waals surface area contributed by atoms with Gasteiger partial charge in [-0.05, 0) is 49.9 Å². The van der Waals surface area contributed by atoms with Crippen molar-refractivity contribution in [3.63, 3.8) is 0 Å². The second kappa shape index (κ2) is 11.6. The van der Waals surface area contributed by atoms with E-state index in [1.165, 1.54) is 7.11 Å². The Morgan fingerprint density at radius 3 is 2.43 bits per heavy atom. The van der Waals surface area contributed by atoms with Gasteiger partial charge in [-0.25, -0.2) is 4.90 Å². The maximum absolute atomic E-state index is 13.5. The van der Waals surface area contributed by atoms with E-state index >= 15 is 0 Å². The molecule has 3 rings (SSSR count). The highest BCUT2D eigenvalue weighted by Crippen LogP contribution is 2.44. The number of anilines is 2. The lowest BCUT2D eigenvalue weighted by Gasteiger charge is -2.26. The van der Waals surface area contributed by atoms with Crippen molar-refractivity contribution in [2.45, 2.75) is 64.3 Å². The van der Waals surface area contributed by atoms with Gasteiger partial charge in [-0.3, -0.25) is 19.2 Å². The van der Waals surface area contributed by atoms with Gasteiger partial charge in [0.25, 0.3) is 5.91 Å². The molecule has 1 unspecified atom stereocenters. The fourth-order valence-electron chi connectivity index (χ4n) is 4.39. The Bertz CT molecular complexity index is 1110. The fraction of sp³-hybridized carbons (Fsp3) is 0.407. The van der Waals surface area contributed by atoms with E-state index < -0.39 is 17.9 Å². The number of rotatable bonds is 9. The minimum absolute atomic E-state index is 0.237. The Labute approximate surface area is 205 Å². The summed E-state index contributed by atoms with van der Waals surface area (Å²) in [5.41, 5.74) is 9.46. The molecule has 3 N–H and O–H groups in total. The minimum atomic E-state index is -0.895. The van der Waals surface area contributed by atoms with Crippen molar-refractivity contribution in [3.05, 3.63) is 48.0 Å². The maximum Gasteiger partial charge on any atom is 0.305 e. The van der Waals surface area contributed by atoms with Gasteiger partial charge in [0.2, 0.25) is 11.8 Å². The summed E-state index contributed by atoms with van der Waals surface area (Å²) in [6.07, 6.45) is 3.59. The number of nitrogens with zero attached hydrogens (tertiary/aromatic N) is 1. The largest absolute Gasteiger partial charge is 0.469 e. The van der Waals surface area contributed by atoms with Crippen LogP contribution in [0.2, 0.25) is 0 Å². The first-order valence-corrected chi connectivity index (χ1v) is 12.0. The van der Waals surface area contributed by atoms with E-state index in [-0.39, 0.29) is 24.2 Å². The Balaban J connectivity index is 1.70. The van der Waals surface area contributed by atoms with E-state index in [4.69, 9.17) is 5.73 Å². The topological polar surface area (TPSA) is 119 Å². The molecule has 3 amide bonds. The molecular formula is C27H33N3O5. The van der Waals surface area contributed by atoms with Gasteiger partial charge in [0.15, 0.2) is 0 Å². The first-order chi connectivity index (χ1) is 16.8. The monoisotopic (exact) mass is 479 g/mol. The number of hydrogen-bond donors (Lipinski definition) is 2. The second-order valence-electron chi connectivity index (χ2n) is 8.84. The lowest BCUT2D eigenvalue weighted by atomic mass is 9.92. The van der Waals surface area contributed by atoms with Crippen molar-refractivity contribution in [2.75, 3.05) is 17.7 Å².